The lowest BCUT2D eigenvalue weighted by molar-refractivity contribution is -0.139. The lowest BCUT2D eigenvalue weighted by Crippen LogP contribution is -2.16. The zero-order valence-corrected chi connectivity index (χ0v) is 20.1. The molecule has 0 bridgehead atoms. The average molecular weight is 567 g/mol. The molecular formula is C24H24F10O2S. The molecule has 208 valence electrons. The van der Waals surface area contributed by atoms with Crippen molar-refractivity contribution in [2.45, 2.75) is 50.8 Å². The molecule has 0 N–H and O–H groups in total. The predicted octanol–water partition coefficient (Wildman–Crippen LogP) is 8.31. The van der Waals surface area contributed by atoms with Crippen LogP contribution in [0.1, 0.15) is 35.1 Å². The van der Waals surface area contributed by atoms with E-state index < -0.39 is 61.0 Å². The molecule has 0 radical (unpaired) electrons. The summed E-state index contributed by atoms with van der Waals surface area (Å²) in [7, 11) is 0. The van der Waals surface area contributed by atoms with Gasteiger partial charge in [-0.3, -0.25) is 0 Å². The van der Waals surface area contributed by atoms with Crippen LogP contribution in [0.2, 0.25) is 0 Å². The summed E-state index contributed by atoms with van der Waals surface area (Å²) in [5.74, 6) is -0.208. The maximum absolute atomic E-state index is 13.4. The molecule has 0 heterocycles. The van der Waals surface area contributed by atoms with Crippen molar-refractivity contribution in [1.82, 2.24) is 0 Å². The highest BCUT2D eigenvalue weighted by atomic mass is 32.2. The van der Waals surface area contributed by atoms with Crippen molar-refractivity contribution in [3.63, 3.8) is 0 Å². The Morgan fingerprint density at radius 2 is 1.03 bits per heavy atom. The number of halogens is 10. The predicted molar refractivity (Wildman–Crippen MR) is 120 cm³/mol. The fourth-order valence-electron chi connectivity index (χ4n) is 3.54. The van der Waals surface area contributed by atoms with Crippen molar-refractivity contribution in [2.24, 2.45) is 0 Å². The number of rotatable bonds is 14. The SMILES string of the molecule is FCC(F)Oc1cccc(C(F)(F)F)c1CCCSCCCc1c(OC(F)CF)cccc1C(F)(F)F. The lowest BCUT2D eigenvalue weighted by atomic mass is 10.0. The molecule has 0 saturated carbocycles. The van der Waals surface area contributed by atoms with Crippen LogP contribution in [0, 0.1) is 0 Å². The summed E-state index contributed by atoms with van der Waals surface area (Å²) < 4.78 is 141. The first kappa shape index (κ1) is 30.9. The maximum atomic E-state index is 13.4. The van der Waals surface area contributed by atoms with Gasteiger partial charge in [0.2, 0.25) is 0 Å². The van der Waals surface area contributed by atoms with Gasteiger partial charge in [0, 0.05) is 11.1 Å². The van der Waals surface area contributed by atoms with Crippen molar-refractivity contribution < 1.29 is 53.4 Å². The molecule has 2 unspecified atom stereocenters. The van der Waals surface area contributed by atoms with Crippen LogP contribution in [-0.2, 0) is 25.2 Å². The first-order valence-corrected chi connectivity index (χ1v) is 12.2. The minimum absolute atomic E-state index is 0.160. The van der Waals surface area contributed by atoms with Crippen LogP contribution in [0.25, 0.3) is 0 Å². The smallest absolute Gasteiger partial charge is 0.416 e. The Labute approximate surface area is 211 Å². The van der Waals surface area contributed by atoms with Gasteiger partial charge in [0.05, 0.1) is 11.1 Å². The van der Waals surface area contributed by atoms with E-state index in [2.05, 4.69) is 9.47 Å². The van der Waals surface area contributed by atoms with E-state index in [4.69, 9.17) is 0 Å². The Kier molecular flexibility index (Phi) is 11.7. The quantitative estimate of drug-likeness (QED) is 0.169. The van der Waals surface area contributed by atoms with Crippen LogP contribution in [-0.4, -0.2) is 37.6 Å². The maximum Gasteiger partial charge on any atom is 0.416 e. The van der Waals surface area contributed by atoms with E-state index >= 15 is 0 Å². The van der Waals surface area contributed by atoms with E-state index in [9.17, 15) is 43.9 Å². The molecule has 0 aliphatic rings. The number of alkyl halides is 10. The largest absolute Gasteiger partial charge is 0.457 e. The van der Waals surface area contributed by atoms with Crippen LogP contribution in [0.3, 0.4) is 0 Å². The fourth-order valence-corrected chi connectivity index (χ4v) is 4.44. The van der Waals surface area contributed by atoms with Crippen LogP contribution >= 0.6 is 11.8 Å². The van der Waals surface area contributed by atoms with Gasteiger partial charge in [-0.05, 0) is 61.5 Å². The summed E-state index contributed by atoms with van der Waals surface area (Å²) in [5, 5.41) is 0. The van der Waals surface area contributed by atoms with Crippen molar-refractivity contribution in [2.75, 3.05) is 24.9 Å². The van der Waals surface area contributed by atoms with Gasteiger partial charge in [0.1, 0.15) is 11.5 Å². The third-order valence-corrected chi connectivity index (χ3v) is 6.21. The molecule has 0 aliphatic heterocycles. The monoisotopic (exact) mass is 566 g/mol. The molecule has 2 aromatic carbocycles. The van der Waals surface area contributed by atoms with E-state index in [0.29, 0.717) is 11.5 Å². The van der Waals surface area contributed by atoms with Crippen LogP contribution in [0.15, 0.2) is 36.4 Å². The number of thioether (sulfide) groups is 1. The van der Waals surface area contributed by atoms with Gasteiger partial charge < -0.3 is 9.47 Å². The molecule has 0 amide bonds. The first-order chi connectivity index (χ1) is 17.4. The van der Waals surface area contributed by atoms with Gasteiger partial charge in [0.15, 0.2) is 13.3 Å². The van der Waals surface area contributed by atoms with Crippen LogP contribution in [0.5, 0.6) is 11.5 Å². The van der Waals surface area contributed by atoms with Gasteiger partial charge in [-0.2, -0.15) is 46.9 Å². The highest BCUT2D eigenvalue weighted by Gasteiger charge is 2.35. The highest BCUT2D eigenvalue weighted by Crippen LogP contribution is 2.38. The summed E-state index contributed by atoms with van der Waals surface area (Å²) in [4.78, 5) is 0. The highest BCUT2D eigenvalue weighted by molar-refractivity contribution is 7.99. The van der Waals surface area contributed by atoms with Gasteiger partial charge >= 0.3 is 12.4 Å². The summed E-state index contributed by atoms with van der Waals surface area (Å²) in [6.07, 6.45) is -14.3. The fraction of sp³-hybridized carbons (Fsp3) is 0.500. The van der Waals surface area contributed by atoms with E-state index in [1.165, 1.54) is 11.8 Å². The van der Waals surface area contributed by atoms with E-state index in [-0.39, 0.29) is 36.8 Å². The second-order valence-electron chi connectivity index (χ2n) is 7.74. The molecule has 13 heteroatoms. The zero-order chi connectivity index (χ0) is 27.6. The first-order valence-electron chi connectivity index (χ1n) is 11.1. The summed E-state index contributed by atoms with van der Waals surface area (Å²) in [5.41, 5.74) is -2.70. The molecule has 0 aromatic heterocycles. The molecule has 2 rings (SSSR count). The second-order valence-corrected chi connectivity index (χ2v) is 8.97. The minimum Gasteiger partial charge on any atom is -0.457 e. The van der Waals surface area contributed by atoms with Gasteiger partial charge in [0.25, 0.3) is 12.7 Å². The normalized spacial score (nSPS) is 13.9. The number of ether oxygens (including phenoxy) is 2. The summed E-state index contributed by atoms with van der Waals surface area (Å²) in [6.45, 7) is -3.06. The summed E-state index contributed by atoms with van der Waals surface area (Å²) in [6, 6.07) is 5.89. The molecule has 2 aromatic rings. The molecule has 0 fully saturated rings. The van der Waals surface area contributed by atoms with Crippen molar-refractivity contribution in [3.8, 4) is 11.5 Å². The van der Waals surface area contributed by atoms with Crippen molar-refractivity contribution in [3.05, 3.63) is 58.7 Å². The Morgan fingerprint density at radius 3 is 1.35 bits per heavy atom. The Morgan fingerprint density at radius 1 is 0.649 bits per heavy atom. The van der Waals surface area contributed by atoms with Gasteiger partial charge in [-0.25, -0.2) is 8.78 Å². The van der Waals surface area contributed by atoms with Gasteiger partial charge in [-0.15, -0.1) is 0 Å². The number of benzene rings is 2. The van der Waals surface area contributed by atoms with Crippen LogP contribution in [0.4, 0.5) is 43.9 Å². The molecule has 0 spiro atoms. The van der Waals surface area contributed by atoms with Crippen molar-refractivity contribution in [1.29, 1.82) is 0 Å². The summed E-state index contributed by atoms with van der Waals surface area (Å²) >= 11 is 1.25. The number of hydrogen-bond acceptors (Lipinski definition) is 3. The Balaban J connectivity index is 1.98. The Hall–Kier alpha value is -2.31. The topological polar surface area (TPSA) is 18.5 Å². The molecule has 0 aliphatic carbocycles. The van der Waals surface area contributed by atoms with E-state index in [1.54, 1.807) is 0 Å². The van der Waals surface area contributed by atoms with Crippen LogP contribution < -0.4 is 9.47 Å². The minimum atomic E-state index is -4.74. The molecule has 2 atom stereocenters. The zero-order valence-electron chi connectivity index (χ0n) is 19.3. The molecular weight excluding hydrogens is 542 g/mol. The molecule has 0 saturated heterocycles. The third kappa shape index (κ3) is 9.50. The van der Waals surface area contributed by atoms with Crippen molar-refractivity contribution >= 4 is 11.8 Å². The average Bonchev–Trinajstić information content (AvgIpc) is 2.83. The third-order valence-electron chi connectivity index (χ3n) is 5.06. The van der Waals surface area contributed by atoms with E-state index in [0.717, 1.165) is 36.4 Å². The lowest BCUT2D eigenvalue weighted by Gasteiger charge is -2.18. The Bertz CT molecular complexity index is 903. The van der Waals surface area contributed by atoms with Gasteiger partial charge in [-0.1, -0.05) is 12.1 Å². The standard InChI is InChI=1S/C24H24F10O2S/c25-13-21(27)35-19-9-1-7-17(23(29,30)31)15(19)5-3-11-37-12-4-6-16-18(24(32,33)34)8-2-10-20(16)36-22(28)14-26/h1-2,7-10,21-22H,3-6,11-14H2. The molecule has 2 nitrogen and oxygen atoms in total. The van der Waals surface area contributed by atoms with E-state index in [1.807, 2.05) is 0 Å². The molecule has 37 heavy (non-hydrogen) atoms. The number of hydrogen-bond donors (Lipinski definition) is 0. The second kappa shape index (κ2) is 14.0.